The first kappa shape index (κ1) is 43.5. The van der Waals surface area contributed by atoms with E-state index in [1.165, 1.54) is 45.3 Å². The van der Waals surface area contributed by atoms with Crippen molar-refractivity contribution in [3.8, 4) is 0 Å². The molecule has 0 amide bonds. The summed E-state index contributed by atoms with van der Waals surface area (Å²) >= 11 is 12.4. The fourth-order valence-corrected chi connectivity index (χ4v) is 8.38. The van der Waals surface area contributed by atoms with Crippen LogP contribution >= 0.6 is 105 Å². The Morgan fingerprint density at radius 2 is 1.10 bits per heavy atom. The van der Waals surface area contributed by atoms with Crippen LogP contribution in [0.4, 0.5) is 0 Å². The molecule has 2 aliphatic rings. The summed E-state index contributed by atoms with van der Waals surface area (Å²) in [7, 11) is 1.00. The van der Waals surface area contributed by atoms with E-state index >= 15 is 0 Å². The second-order valence-corrected chi connectivity index (χ2v) is 49.1. The van der Waals surface area contributed by atoms with Gasteiger partial charge in [0.2, 0.25) is 23.1 Å². The van der Waals surface area contributed by atoms with Crippen LogP contribution in [0.3, 0.4) is 0 Å². The molecule has 4 aromatic heterocycles. The van der Waals surface area contributed by atoms with Gasteiger partial charge in [-0.1, -0.05) is 0 Å². The van der Waals surface area contributed by atoms with Crippen molar-refractivity contribution < 1.29 is 58.1 Å². The summed E-state index contributed by atoms with van der Waals surface area (Å²) in [5, 5.41) is 19.1. The topological polar surface area (TPSA) is 171 Å². The second kappa shape index (κ2) is 20.5. The van der Waals surface area contributed by atoms with Crippen LogP contribution in [0.25, 0.3) is 0 Å². The first-order valence-electron chi connectivity index (χ1n) is 14.2. The summed E-state index contributed by atoms with van der Waals surface area (Å²) in [5.41, 5.74) is 1.74. The molecule has 6 rings (SSSR count). The van der Waals surface area contributed by atoms with Gasteiger partial charge in [0.1, 0.15) is 13.2 Å². The molecular formula is C31H28I3O11S4V. The summed E-state index contributed by atoms with van der Waals surface area (Å²) < 4.78 is 15.5. The number of carbonyl (C=O) groups is 6. The van der Waals surface area contributed by atoms with Gasteiger partial charge in [-0.2, -0.15) is 0 Å². The van der Waals surface area contributed by atoms with E-state index in [4.69, 9.17) is 24.4 Å². The van der Waals surface area contributed by atoms with E-state index in [0.717, 1.165) is 12.0 Å². The molecule has 0 bridgehead atoms. The first-order valence-corrected chi connectivity index (χ1v) is 31.1. The third-order valence-electron chi connectivity index (χ3n) is 6.65. The third kappa shape index (κ3) is 10.8. The van der Waals surface area contributed by atoms with Gasteiger partial charge in [0.25, 0.3) is 0 Å². The number of ketones is 4. The van der Waals surface area contributed by atoms with Crippen molar-refractivity contribution in [1.82, 2.24) is 0 Å². The number of carboxylic acid groups (broad SMARTS) is 1. The molecular weight excluding hydrogens is 1110 g/mol. The van der Waals surface area contributed by atoms with Crippen molar-refractivity contribution in [3.63, 3.8) is 0 Å². The molecule has 4 aromatic rings. The third-order valence-corrected chi connectivity index (χ3v) is 11.1. The van der Waals surface area contributed by atoms with E-state index in [-0.39, 0.29) is 34.7 Å². The van der Waals surface area contributed by atoms with E-state index in [2.05, 4.69) is 59.9 Å². The van der Waals surface area contributed by atoms with Gasteiger partial charge in [-0.05, 0) is 55.8 Å². The molecule has 19 heteroatoms. The number of ether oxygens (including phenoxy) is 3. The van der Waals surface area contributed by atoms with Crippen LogP contribution < -0.4 is 0 Å². The van der Waals surface area contributed by atoms with Crippen LogP contribution in [-0.4, -0.2) is 72.2 Å². The fourth-order valence-electron chi connectivity index (χ4n) is 4.47. The molecule has 268 valence electrons. The average Bonchev–Trinajstić information content (AvgIpc) is 3.90. The maximum atomic E-state index is 12.5. The summed E-state index contributed by atoms with van der Waals surface area (Å²) in [5.74, 6) is -2.04. The standard InChI is InChI=1S/C16H14O5S2.C14H10O5S2.CH4O.3HI.V/c1-3-20-12(17)7-21-8(2)11-6-10-14(19)15-9(4-5-22-15)13(18)16(10)23-11;1-6(19-5-10(15)16)9-4-8-12(18)13-7(2-3-20-13)11(17)14(8)21-9;1-2;;;;/h4-6,8H,3,7H2,1-2H3;2-4,6H,5H2,1H3,(H,15,16);2H,1H3;3*1H;/q;;;;;;+3/p-3. The van der Waals surface area contributed by atoms with Gasteiger partial charge in [-0.15, -0.1) is 45.3 Å². The monoisotopic (exact) mass is 1140 g/mol. The van der Waals surface area contributed by atoms with Crippen molar-refractivity contribution in [2.45, 2.75) is 33.0 Å². The second-order valence-electron chi connectivity index (χ2n) is 9.72. The summed E-state index contributed by atoms with van der Waals surface area (Å²) in [6, 6.07) is 6.67. The quantitative estimate of drug-likeness (QED) is 0.106. The Bertz CT molecular complexity index is 1780. The Morgan fingerprint density at radius 3 is 1.48 bits per heavy atom. The Hall–Kier alpha value is -0.926. The minimum absolute atomic E-state index is 0.121. The molecule has 2 N–H and O–H groups in total. The number of fused-ring (bicyclic) bond motifs is 4. The molecule has 11 nitrogen and oxygen atoms in total. The normalized spacial score (nSPS) is 13.6. The van der Waals surface area contributed by atoms with Crippen LogP contribution in [-0.2, 0) is 28.7 Å². The minimum atomic E-state index is -1.06. The van der Waals surface area contributed by atoms with Crippen molar-refractivity contribution in [2.24, 2.45) is 0 Å². The Morgan fingerprint density at radius 1 is 0.720 bits per heavy atom. The number of rotatable bonds is 9. The van der Waals surface area contributed by atoms with Crippen LogP contribution in [0, 0.1) is 0 Å². The van der Waals surface area contributed by atoms with Crippen molar-refractivity contribution in [1.29, 1.82) is 0 Å². The molecule has 2 atom stereocenters. The molecule has 0 saturated carbocycles. The molecule has 0 fully saturated rings. The maximum absolute atomic E-state index is 12.5. The van der Waals surface area contributed by atoms with Crippen LogP contribution in [0.1, 0.15) is 104 Å². The molecule has 0 aliphatic heterocycles. The van der Waals surface area contributed by atoms with E-state index in [9.17, 15) is 28.8 Å². The number of halogens is 3. The Balaban J connectivity index is 0.000000235. The van der Waals surface area contributed by atoms with Gasteiger partial charge in [-0.25, -0.2) is 9.59 Å². The predicted octanol–water partition coefficient (Wildman–Crippen LogP) is 8.24. The molecule has 0 spiro atoms. The summed E-state index contributed by atoms with van der Waals surface area (Å²) in [4.78, 5) is 74.4. The summed E-state index contributed by atoms with van der Waals surface area (Å²) in [6.45, 7) is 4.93. The van der Waals surface area contributed by atoms with Crippen molar-refractivity contribution >= 4 is 140 Å². The number of aliphatic hydroxyl groups excluding tert-OH is 1. The van der Waals surface area contributed by atoms with E-state index in [0.29, 0.717) is 53.2 Å². The molecule has 0 saturated heterocycles. The number of thiophene rings is 4. The number of esters is 1. The van der Waals surface area contributed by atoms with Crippen molar-refractivity contribution in [2.75, 3.05) is 26.9 Å². The zero-order chi connectivity index (χ0) is 37.3. The van der Waals surface area contributed by atoms with Gasteiger partial charge >= 0.3 is 76.8 Å². The van der Waals surface area contributed by atoms with Gasteiger partial charge in [-0.3, -0.25) is 19.2 Å². The zero-order valence-corrected chi connectivity index (χ0v) is 37.7. The predicted molar refractivity (Wildman–Crippen MR) is 214 cm³/mol. The first-order chi connectivity index (χ1) is 23.7. The molecule has 2 unspecified atom stereocenters. The van der Waals surface area contributed by atoms with E-state index in [1.54, 1.807) is 55.8 Å². The molecule has 2 aliphatic carbocycles. The van der Waals surface area contributed by atoms with Crippen molar-refractivity contribution in [3.05, 3.63) is 86.5 Å². The number of carboxylic acids is 1. The molecule has 4 heterocycles. The van der Waals surface area contributed by atoms with E-state index in [1.807, 2.05) is 0 Å². The van der Waals surface area contributed by atoms with Crippen LogP contribution in [0.2, 0.25) is 0 Å². The number of aliphatic hydroxyl groups is 1. The number of hydrogen-bond donors (Lipinski definition) is 2. The zero-order valence-electron chi connectivity index (χ0n) is 26.5. The Kier molecular flexibility index (Phi) is 17.8. The number of carbonyl (C=O) groups excluding carboxylic acids is 5. The number of aliphatic carboxylic acids is 1. The molecule has 50 heavy (non-hydrogen) atoms. The van der Waals surface area contributed by atoms with Crippen LogP contribution in [0.5, 0.6) is 0 Å². The van der Waals surface area contributed by atoms with Gasteiger partial charge in [0, 0.05) is 39.1 Å². The van der Waals surface area contributed by atoms with E-state index < -0.39 is 30.8 Å². The van der Waals surface area contributed by atoms with Gasteiger partial charge in [0.05, 0.1) is 38.3 Å². The average molecular weight is 1140 g/mol. The van der Waals surface area contributed by atoms with Crippen LogP contribution in [0.15, 0.2) is 35.0 Å². The fraction of sp³-hybridized carbons (Fsp3) is 0.290. The van der Waals surface area contributed by atoms with Gasteiger partial charge < -0.3 is 24.4 Å². The molecule has 0 radical (unpaired) electrons. The summed E-state index contributed by atoms with van der Waals surface area (Å²) in [6.07, 6.45) is -0.871. The molecule has 0 aromatic carbocycles. The van der Waals surface area contributed by atoms with Gasteiger partial charge in [0.15, 0.2) is 0 Å². The SMILES string of the molecule is CC(OCC(=O)O)c1cc2c(s1)C(=O)c1ccsc1C2=O.CCOC(=O)COC(C)c1cc2c(s1)C(=O)c1ccsc1C2=O.CO.[I][V]([I])[I]. The number of hydrogen-bond acceptors (Lipinski definition) is 14. The Labute approximate surface area is 340 Å².